The number of nitrogens with one attached hydrogen (secondary N) is 1. The van der Waals surface area contributed by atoms with E-state index in [9.17, 15) is 0 Å². The van der Waals surface area contributed by atoms with Gasteiger partial charge in [-0.1, -0.05) is 0 Å². The van der Waals surface area contributed by atoms with Crippen molar-refractivity contribution in [1.29, 1.82) is 0 Å². The van der Waals surface area contributed by atoms with Crippen molar-refractivity contribution in [3.8, 4) is 11.5 Å². The molecule has 116 valence electrons. The quantitative estimate of drug-likeness (QED) is 0.924. The standard InChI is InChI=1S/C17H26N2O2/c1-17(13-5-6-13)12-19(10-4-9-18-17)15-11-14(20-2)7-8-16(15)21-3/h7-8,11,13,18H,4-6,9-10,12H2,1-3H3. The van der Waals surface area contributed by atoms with Crippen molar-refractivity contribution in [2.75, 3.05) is 38.8 Å². The molecule has 2 fully saturated rings. The van der Waals surface area contributed by atoms with Gasteiger partial charge in [0.15, 0.2) is 0 Å². The molecule has 3 rings (SSSR count). The summed E-state index contributed by atoms with van der Waals surface area (Å²) in [6, 6.07) is 6.05. The van der Waals surface area contributed by atoms with Crippen LogP contribution in [0.25, 0.3) is 0 Å². The normalized spacial score (nSPS) is 26.3. The summed E-state index contributed by atoms with van der Waals surface area (Å²) in [6.07, 6.45) is 3.86. The molecule has 1 aromatic carbocycles. The van der Waals surface area contributed by atoms with Crippen molar-refractivity contribution in [2.24, 2.45) is 5.92 Å². The summed E-state index contributed by atoms with van der Waals surface area (Å²) in [5, 5.41) is 3.77. The van der Waals surface area contributed by atoms with Crippen LogP contribution in [0.3, 0.4) is 0 Å². The van der Waals surface area contributed by atoms with Gasteiger partial charge in [-0.15, -0.1) is 0 Å². The van der Waals surface area contributed by atoms with E-state index in [1.165, 1.54) is 12.8 Å². The Balaban J connectivity index is 1.90. The molecule has 1 saturated carbocycles. The Bertz CT molecular complexity index is 502. The number of anilines is 1. The molecule has 21 heavy (non-hydrogen) atoms. The van der Waals surface area contributed by atoms with Crippen LogP contribution in [-0.2, 0) is 0 Å². The Kier molecular flexibility index (Phi) is 3.98. The molecule has 4 nitrogen and oxygen atoms in total. The molecule has 1 heterocycles. The topological polar surface area (TPSA) is 33.7 Å². The van der Waals surface area contributed by atoms with Crippen LogP contribution in [0.1, 0.15) is 26.2 Å². The third kappa shape index (κ3) is 2.95. The van der Waals surface area contributed by atoms with Crippen molar-refractivity contribution in [1.82, 2.24) is 5.32 Å². The van der Waals surface area contributed by atoms with E-state index in [0.717, 1.165) is 49.2 Å². The lowest BCUT2D eigenvalue weighted by atomic mass is 9.95. The minimum absolute atomic E-state index is 0.213. The van der Waals surface area contributed by atoms with E-state index in [1.54, 1.807) is 14.2 Å². The molecule has 1 N–H and O–H groups in total. The van der Waals surface area contributed by atoms with Gasteiger partial charge in [-0.25, -0.2) is 0 Å². The minimum Gasteiger partial charge on any atom is -0.497 e. The smallest absolute Gasteiger partial charge is 0.142 e. The van der Waals surface area contributed by atoms with Crippen molar-refractivity contribution in [3.05, 3.63) is 18.2 Å². The van der Waals surface area contributed by atoms with E-state index in [1.807, 2.05) is 12.1 Å². The molecule has 0 spiro atoms. The predicted octanol–water partition coefficient (Wildman–Crippen LogP) is 2.67. The zero-order valence-electron chi connectivity index (χ0n) is 13.3. The van der Waals surface area contributed by atoms with E-state index >= 15 is 0 Å². The molecule has 0 radical (unpaired) electrons. The fraction of sp³-hybridized carbons (Fsp3) is 0.647. The first-order chi connectivity index (χ1) is 10.2. The molecule has 0 amide bonds. The van der Waals surface area contributed by atoms with Crippen molar-refractivity contribution in [3.63, 3.8) is 0 Å². The minimum atomic E-state index is 0.213. The van der Waals surface area contributed by atoms with E-state index < -0.39 is 0 Å². The summed E-state index contributed by atoms with van der Waals surface area (Å²) in [5.74, 6) is 2.63. The second-order valence-corrected chi connectivity index (χ2v) is 6.43. The number of ether oxygens (including phenoxy) is 2. The van der Waals surface area contributed by atoms with Gasteiger partial charge in [0, 0.05) is 24.7 Å². The Morgan fingerprint density at radius 1 is 1.24 bits per heavy atom. The molecule has 0 bridgehead atoms. The molecular weight excluding hydrogens is 264 g/mol. The zero-order chi connectivity index (χ0) is 14.9. The van der Waals surface area contributed by atoms with Gasteiger partial charge >= 0.3 is 0 Å². The van der Waals surface area contributed by atoms with E-state index in [-0.39, 0.29) is 5.54 Å². The third-order valence-electron chi connectivity index (χ3n) is 4.86. The summed E-state index contributed by atoms with van der Waals surface area (Å²) in [5.41, 5.74) is 1.36. The van der Waals surface area contributed by atoms with Crippen LogP contribution in [0.5, 0.6) is 11.5 Å². The monoisotopic (exact) mass is 290 g/mol. The first-order valence-electron chi connectivity index (χ1n) is 7.88. The largest absolute Gasteiger partial charge is 0.497 e. The van der Waals surface area contributed by atoms with Gasteiger partial charge in [0.1, 0.15) is 11.5 Å². The van der Waals surface area contributed by atoms with Crippen LogP contribution in [0.15, 0.2) is 18.2 Å². The van der Waals surface area contributed by atoms with Crippen molar-refractivity contribution in [2.45, 2.75) is 31.7 Å². The Morgan fingerprint density at radius 2 is 2.05 bits per heavy atom. The third-order valence-corrected chi connectivity index (χ3v) is 4.86. The first-order valence-corrected chi connectivity index (χ1v) is 7.88. The lowest BCUT2D eigenvalue weighted by Gasteiger charge is -2.35. The predicted molar refractivity (Wildman–Crippen MR) is 85.5 cm³/mol. The molecule has 1 unspecified atom stereocenters. The fourth-order valence-corrected chi connectivity index (χ4v) is 3.42. The Hall–Kier alpha value is -1.42. The highest BCUT2D eigenvalue weighted by Gasteiger charge is 2.43. The summed E-state index contributed by atoms with van der Waals surface area (Å²) in [7, 11) is 3.45. The van der Waals surface area contributed by atoms with Crippen LogP contribution in [0, 0.1) is 5.92 Å². The van der Waals surface area contributed by atoms with Crippen LogP contribution in [-0.4, -0.2) is 39.4 Å². The summed E-state index contributed by atoms with van der Waals surface area (Å²) >= 11 is 0. The Labute approximate surface area is 127 Å². The zero-order valence-corrected chi connectivity index (χ0v) is 13.3. The molecule has 4 heteroatoms. The van der Waals surface area contributed by atoms with Crippen LogP contribution >= 0.6 is 0 Å². The number of rotatable bonds is 4. The van der Waals surface area contributed by atoms with Gasteiger partial charge in [0.05, 0.1) is 19.9 Å². The average molecular weight is 290 g/mol. The maximum Gasteiger partial charge on any atom is 0.142 e. The van der Waals surface area contributed by atoms with Gasteiger partial charge in [-0.3, -0.25) is 0 Å². The molecule has 1 atom stereocenters. The number of hydrogen-bond donors (Lipinski definition) is 1. The lowest BCUT2D eigenvalue weighted by molar-refractivity contribution is 0.330. The number of hydrogen-bond acceptors (Lipinski definition) is 4. The Morgan fingerprint density at radius 3 is 2.71 bits per heavy atom. The maximum atomic E-state index is 5.57. The fourth-order valence-electron chi connectivity index (χ4n) is 3.42. The van der Waals surface area contributed by atoms with Gasteiger partial charge in [0.2, 0.25) is 0 Å². The maximum absolute atomic E-state index is 5.57. The highest BCUT2D eigenvalue weighted by Crippen LogP contribution is 2.42. The van der Waals surface area contributed by atoms with Crippen molar-refractivity contribution < 1.29 is 9.47 Å². The van der Waals surface area contributed by atoms with Gasteiger partial charge in [-0.2, -0.15) is 0 Å². The van der Waals surface area contributed by atoms with Gasteiger partial charge in [0.25, 0.3) is 0 Å². The van der Waals surface area contributed by atoms with Gasteiger partial charge in [-0.05, 0) is 50.8 Å². The van der Waals surface area contributed by atoms with E-state index in [2.05, 4.69) is 23.2 Å². The number of methoxy groups -OCH3 is 2. The molecular formula is C17H26N2O2. The van der Waals surface area contributed by atoms with Crippen LogP contribution in [0.4, 0.5) is 5.69 Å². The molecule has 0 aromatic heterocycles. The molecule has 1 aliphatic heterocycles. The summed E-state index contributed by atoms with van der Waals surface area (Å²) in [4.78, 5) is 2.46. The highest BCUT2D eigenvalue weighted by molar-refractivity contribution is 5.62. The molecule has 1 saturated heterocycles. The first kappa shape index (κ1) is 14.5. The molecule has 1 aromatic rings. The number of nitrogens with zero attached hydrogens (tertiary/aromatic N) is 1. The lowest BCUT2D eigenvalue weighted by Crippen LogP contribution is -2.51. The second-order valence-electron chi connectivity index (χ2n) is 6.43. The second kappa shape index (κ2) is 5.76. The molecule has 2 aliphatic rings. The van der Waals surface area contributed by atoms with Crippen LogP contribution < -0.4 is 19.7 Å². The molecule has 1 aliphatic carbocycles. The highest BCUT2D eigenvalue weighted by atomic mass is 16.5. The average Bonchev–Trinajstić information content (AvgIpc) is 3.34. The summed E-state index contributed by atoms with van der Waals surface area (Å²) in [6.45, 7) is 5.55. The van der Waals surface area contributed by atoms with Crippen LogP contribution in [0.2, 0.25) is 0 Å². The SMILES string of the molecule is COc1ccc(OC)c(N2CCCNC(C)(C3CC3)C2)c1. The summed E-state index contributed by atoms with van der Waals surface area (Å²) < 4.78 is 11.0. The van der Waals surface area contributed by atoms with E-state index in [0.29, 0.717) is 0 Å². The van der Waals surface area contributed by atoms with Gasteiger partial charge < -0.3 is 19.7 Å². The number of benzene rings is 1. The van der Waals surface area contributed by atoms with Crippen molar-refractivity contribution >= 4 is 5.69 Å². The van der Waals surface area contributed by atoms with E-state index in [4.69, 9.17) is 9.47 Å².